The molecule has 3 aromatic rings. The van der Waals surface area contributed by atoms with E-state index in [-0.39, 0.29) is 6.03 Å². The maximum Gasteiger partial charge on any atom is 0.321 e. The molecule has 122 valence electrons. The van der Waals surface area contributed by atoms with Crippen molar-refractivity contribution in [3.63, 3.8) is 0 Å². The summed E-state index contributed by atoms with van der Waals surface area (Å²) in [5.41, 5.74) is 3.07. The van der Waals surface area contributed by atoms with E-state index in [1.807, 2.05) is 55.6 Å². The van der Waals surface area contributed by atoms with Gasteiger partial charge >= 0.3 is 6.03 Å². The van der Waals surface area contributed by atoms with E-state index in [0.717, 1.165) is 26.7 Å². The smallest absolute Gasteiger partial charge is 0.321 e. The fourth-order valence-corrected chi connectivity index (χ4v) is 3.23. The third-order valence-corrected chi connectivity index (χ3v) is 4.55. The molecule has 0 saturated heterocycles. The van der Waals surface area contributed by atoms with Crippen molar-refractivity contribution in [2.75, 3.05) is 12.4 Å². The van der Waals surface area contributed by atoms with Crippen molar-refractivity contribution in [3.05, 3.63) is 70.7 Å². The number of anilines is 1. The Morgan fingerprint density at radius 2 is 1.75 bits per heavy atom. The third kappa shape index (κ3) is 4.00. The molecule has 1 N–H and O–H groups in total. The second kappa shape index (κ2) is 7.27. The van der Waals surface area contributed by atoms with Crippen LogP contribution in [0.3, 0.4) is 0 Å². The lowest BCUT2D eigenvalue weighted by atomic mass is 10.1. The molecule has 0 radical (unpaired) electrons. The van der Waals surface area contributed by atoms with Crippen LogP contribution in [-0.4, -0.2) is 23.0 Å². The Hall–Kier alpha value is -2.66. The summed E-state index contributed by atoms with van der Waals surface area (Å²) in [7, 11) is 1.78. The van der Waals surface area contributed by atoms with Gasteiger partial charge in [0, 0.05) is 23.8 Å². The molecule has 0 fully saturated rings. The largest absolute Gasteiger partial charge is 0.322 e. The minimum absolute atomic E-state index is 0.131. The van der Waals surface area contributed by atoms with Gasteiger partial charge in [0.25, 0.3) is 0 Å². The molecule has 5 heteroatoms. The van der Waals surface area contributed by atoms with Gasteiger partial charge in [-0.05, 0) is 30.2 Å². The summed E-state index contributed by atoms with van der Waals surface area (Å²) in [4.78, 5) is 19.2. The first kappa shape index (κ1) is 16.2. The van der Waals surface area contributed by atoms with E-state index in [1.165, 1.54) is 0 Å². The summed E-state index contributed by atoms with van der Waals surface area (Å²) < 4.78 is 0. The Morgan fingerprint density at radius 3 is 2.38 bits per heavy atom. The monoisotopic (exact) mass is 337 g/mol. The Kier molecular flexibility index (Phi) is 4.91. The number of urea groups is 1. The number of nitrogens with one attached hydrogen (secondary N) is 1. The van der Waals surface area contributed by atoms with Crippen molar-refractivity contribution < 1.29 is 4.79 Å². The van der Waals surface area contributed by atoms with E-state index in [9.17, 15) is 4.79 Å². The first-order valence-corrected chi connectivity index (χ1v) is 8.52. The number of hydrogen-bond acceptors (Lipinski definition) is 3. The lowest BCUT2D eigenvalue weighted by molar-refractivity contribution is 0.221. The van der Waals surface area contributed by atoms with E-state index in [4.69, 9.17) is 0 Å². The number of aryl methyl sites for hydroxylation is 1. The van der Waals surface area contributed by atoms with Gasteiger partial charge in [0.2, 0.25) is 0 Å². The molecule has 1 aromatic heterocycles. The number of amides is 2. The molecule has 24 heavy (non-hydrogen) atoms. The summed E-state index contributed by atoms with van der Waals surface area (Å²) in [6, 6.07) is 17.9. The highest BCUT2D eigenvalue weighted by atomic mass is 32.1. The van der Waals surface area contributed by atoms with Crippen molar-refractivity contribution >= 4 is 23.1 Å². The van der Waals surface area contributed by atoms with E-state index >= 15 is 0 Å². The minimum Gasteiger partial charge on any atom is -0.322 e. The average Bonchev–Trinajstić information content (AvgIpc) is 3.01. The van der Waals surface area contributed by atoms with Crippen molar-refractivity contribution in [1.82, 2.24) is 9.88 Å². The predicted octanol–water partition coefficient (Wildman–Crippen LogP) is 4.78. The zero-order valence-electron chi connectivity index (χ0n) is 13.7. The maximum absolute atomic E-state index is 12.3. The van der Waals surface area contributed by atoms with E-state index in [0.29, 0.717) is 6.54 Å². The molecule has 0 saturated carbocycles. The lowest BCUT2D eigenvalue weighted by Gasteiger charge is -2.17. The number of thiazole rings is 1. The molecule has 2 aromatic carbocycles. The van der Waals surface area contributed by atoms with Crippen LogP contribution in [0.2, 0.25) is 0 Å². The molecular weight excluding hydrogens is 318 g/mol. The Balaban J connectivity index is 1.62. The topological polar surface area (TPSA) is 45.2 Å². The highest BCUT2D eigenvalue weighted by Crippen LogP contribution is 2.21. The minimum atomic E-state index is -0.131. The zero-order valence-corrected chi connectivity index (χ0v) is 14.5. The summed E-state index contributed by atoms with van der Waals surface area (Å²) in [5, 5.41) is 3.93. The number of nitrogens with zero attached hydrogens (tertiary/aromatic N) is 2. The standard InChI is InChI=1S/C19H19N3OS/c1-14-20-12-18(24-14)13-22(2)19(23)21-17-10-8-16(9-11-17)15-6-4-3-5-7-15/h3-12H,13H2,1-2H3,(H,21,23). The van der Waals surface area contributed by atoms with Crippen molar-refractivity contribution in [3.8, 4) is 11.1 Å². The molecule has 4 nitrogen and oxygen atoms in total. The van der Waals surface area contributed by atoms with Crippen LogP contribution < -0.4 is 5.32 Å². The zero-order chi connectivity index (χ0) is 16.9. The van der Waals surface area contributed by atoms with Gasteiger partial charge in [0.15, 0.2) is 0 Å². The molecule has 0 spiro atoms. The highest BCUT2D eigenvalue weighted by Gasteiger charge is 2.11. The van der Waals surface area contributed by atoms with Gasteiger partial charge in [0.1, 0.15) is 0 Å². The normalized spacial score (nSPS) is 10.4. The van der Waals surface area contributed by atoms with Gasteiger partial charge in [-0.1, -0.05) is 42.5 Å². The molecule has 0 aliphatic rings. The second-order valence-corrected chi connectivity index (χ2v) is 6.89. The molecule has 2 amide bonds. The van der Waals surface area contributed by atoms with Crippen LogP contribution in [-0.2, 0) is 6.54 Å². The van der Waals surface area contributed by atoms with Gasteiger partial charge in [-0.25, -0.2) is 9.78 Å². The maximum atomic E-state index is 12.3. The van der Waals surface area contributed by atoms with Crippen LogP contribution in [0.4, 0.5) is 10.5 Å². The highest BCUT2D eigenvalue weighted by molar-refractivity contribution is 7.11. The molecule has 3 rings (SSSR count). The summed E-state index contributed by atoms with van der Waals surface area (Å²) in [6.07, 6.45) is 1.82. The number of rotatable bonds is 4. The Morgan fingerprint density at radius 1 is 1.08 bits per heavy atom. The molecule has 0 unspecified atom stereocenters. The van der Waals surface area contributed by atoms with Gasteiger partial charge < -0.3 is 10.2 Å². The molecule has 0 aliphatic heterocycles. The number of benzene rings is 2. The van der Waals surface area contributed by atoms with Crippen LogP contribution in [0, 0.1) is 6.92 Å². The fraction of sp³-hybridized carbons (Fsp3) is 0.158. The Bertz CT molecular complexity index is 812. The number of carbonyl (C=O) groups is 1. The van der Waals surface area contributed by atoms with Gasteiger partial charge in [-0.3, -0.25) is 0 Å². The van der Waals surface area contributed by atoms with Gasteiger partial charge in [-0.15, -0.1) is 11.3 Å². The molecular formula is C19H19N3OS. The summed E-state index contributed by atoms with van der Waals surface area (Å²) in [5.74, 6) is 0. The first-order chi connectivity index (χ1) is 11.6. The van der Waals surface area contributed by atoms with Crippen LogP contribution in [0.1, 0.15) is 9.88 Å². The van der Waals surface area contributed by atoms with E-state index in [1.54, 1.807) is 23.3 Å². The third-order valence-electron chi connectivity index (χ3n) is 3.65. The molecule has 0 atom stereocenters. The van der Waals surface area contributed by atoms with Crippen LogP contribution in [0.5, 0.6) is 0 Å². The lowest BCUT2D eigenvalue weighted by Crippen LogP contribution is -2.30. The van der Waals surface area contributed by atoms with Gasteiger partial charge in [-0.2, -0.15) is 0 Å². The van der Waals surface area contributed by atoms with Crippen LogP contribution in [0.25, 0.3) is 11.1 Å². The summed E-state index contributed by atoms with van der Waals surface area (Å²) >= 11 is 1.61. The second-order valence-electron chi connectivity index (χ2n) is 5.58. The van der Waals surface area contributed by atoms with Crippen molar-refractivity contribution in [2.45, 2.75) is 13.5 Å². The number of carbonyl (C=O) groups excluding carboxylic acids is 1. The average molecular weight is 337 g/mol. The quantitative estimate of drug-likeness (QED) is 0.744. The van der Waals surface area contributed by atoms with Crippen molar-refractivity contribution in [1.29, 1.82) is 0 Å². The van der Waals surface area contributed by atoms with Gasteiger partial charge in [0.05, 0.1) is 11.6 Å². The van der Waals surface area contributed by atoms with Crippen LogP contribution in [0.15, 0.2) is 60.8 Å². The Labute approximate surface area is 145 Å². The fourth-order valence-electron chi connectivity index (χ4n) is 2.38. The first-order valence-electron chi connectivity index (χ1n) is 7.71. The SMILES string of the molecule is Cc1ncc(CN(C)C(=O)Nc2ccc(-c3ccccc3)cc2)s1. The summed E-state index contributed by atoms with van der Waals surface area (Å²) in [6.45, 7) is 2.52. The molecule has 0 bridgehead atoms. The number of hydrogen-bond donors (Lipinski definition) is 1. The van der Waals surface area contributed by atoms with Crippen molar-refractivity contribution in [2.24, 2.45) is 0 Å². The molecule has 1 heterocycles. The predicted molar refractivity (Wildman–Crippen MR) is 99.2 cm³/mol. The number of aromatic nitrogens is 1. The molecule has 0 aliphatic carbocycles. The van der Waals surface area contributed by atoms with E-state index in [2.05, 4.69) is 22.4 Å². The van der Waals surface area contributed by atoms with E-state index < -0.39 is 0 Å². The van der Waals surface area contributed by atoms with Crippen LogP contribution >= 0.6 is 11.3 Å².